The quantitative estimate of drug-likeness (QED) is 0.935. The molecule has 1 aromatic carbocycles. The van der Waals surface area contributed by atoms with Gasteiger partial charge in [-0.1, -0.05) is 13.0 Å². The van der Waals surface area contributed by atoms with Crippen molar-refractivity contribution in [3.05, 3.63) is 52.3 Å². The molecule has 0 saturated heterocycles. The SMILES string of the molecule is CCc1c(C)nn(CC(N)c2ccc(F)c(F)c2)c1C. The first-order valence-corrected chi connectivity index (χ1v) is 6.67. The summed E-state index contributed by atoms with van der Waals surface area (Å²) in [4.78, 5) is 0. The number of aromatic nitrogens is 2. The predicted molar refractivity (Wildman–Crippen MR) is 74.4 cm³/mol. The summed E-state index contributed by atoms with van der Waals surface area (Å²) in [5, 5.41) is 4.46. The van der Waals surface area contributed by atoms with Gasteiger partial charge in [0.25, 0.3) is 0 Å². The minimum absolute atomic E-state index is 0.423. The topological polar surface area (TPSA) is 43.8 Å². The molecule has 3 nitrogen and oxygen atoms in total. The summed E-state index contributed by atoms with van der Waals surface area (Å²) >= 11 is 0. The molecule has 2 rings (SSSR count). The number of halogens is 2. The van der Waals surface area contributed by atoms with Crippen molar-refractivity contribution in [2.24, 2.45) is 5.73 Å². The molecule has 0 aliphatic carbocycles. The Bertz CT molecular complexity index is 620. The maximum Gasteiger partial charge on any atom is 0.159 e. The van der Waals surface area contributed by atoms with Crippen molar-refractivity contribution in [2.45, 2.75) is 39.8 Å². The highest BCUT2D eigenvalue weighted by atomic mass is 19.2. The Morgan fingerprint density at radius 2 is 1.95 bits per heavy atom. The van der Waals surface area contributed by atoms with Crippen LogP contribution in [0.2, 0.25) is 0 Å². The molecule has 1 aromatic heterocycles. The normalized spacial score (nSPS) is 12.7. The molecule has 0 saturated carbocycles. The van der Waals surface area contributed by atoms with Gasteiger partial charge in [0, 0.05) is 11.7 Å². The number of hydrogen-bond acceptors (Lipinski definition) is 2. The Labute approximate surface area is 117 Å². The minimum atomic E-state index is -0.874. The van der Waals surface area contributed by atoms with Crippen molar-refractivity contribution >= 4 is 0 Å². The molecule has 0 aliphatic heterocycles. The van der Waals surface area contributed by atoms with E-state index in [0.29, 0.717) is 12.1 Å². The van der Waals surface area contributed by atoms with E-state index in [0.717, 1.165) is 29.9 Å². The third-order valence-corrected chi connectivity index (χ3v) is 3.63. The Hall–Kier alpha value is -1.75. The maximum absolute atomic E-state index is 13.2. The van der Waals surface area contributed by atoms with E-state index in [2.05, 4.69) is 12.0 Å². The van der Waals surface area contributed by atoms with Crippen LogP contribution in [0.5, 0.6) is 0 Å². The minimum Gasteiger partial charge on any atom is -0.322 e. The van der Waals surface area contributed by atoms with Crippen LogP contribution in [-0.4, -0.2) is 9.78 Å². The van der Waals surface area contributed by atoms with Crippen LogP contribution in [-0.2, 0) is 13.0 Å². The Kier molecular flexibility index (Phi) is 4.18. The molecule has 0 bridgehead atoms. The smallest absolute Gasteiger partial charge is 0.159 e. The van der Waals surface area contributed by atoms with Crippen molar-refractivity contribution in [1.82, 2.24) is 9.78 Å². The molecule has 2 N–H and O–H groups in total. The highest BCUT2D eigenvalue weighted by Gasteiger charge is 2.15. The van der Waals surface area contributed by atoms with E-state index in [1.54, 1.807) is 0 Å². The fourth-order valence-corrected chi connectivity index (χ4v) is 2.46. The number of benzene rings is 1. The first-order chi connectivity index (χ1) is 9.43. The molecule has 108 valence electrons. The Balaban J connectivity index is 2.23. The van der Waals surface area contributed by atoms with Crippen molar-refractivity contribution in [1.29, 1.82) is 0 Å². The van der Waals surface area contributed by atoms with Gasteiger partial charge in [0.2, 0.25) is 0 Å². The van der Waals surface area contributed by atoms with E-state index >= 15 is 0 Å². The zero-order valence-electron chi connectivity index (χ0n) is 12.0. The zero-order valence-corrected chi connectivity index (χ0v) is 12.0. The summed E-state index contributed by atoms with van der Waals surface area (Å²) < 4.78 is 28.0. The number of hydrogen-bond donors (Lipinski definition) is 1. The highest BCUT2D eigenvalue weighted by Crippen LogP contribution is 2.19. The fourth-order valence-electron chi connectivity index (χ4n) is 2.46. The zero-order chi connectivity index (χ0) is 14.9. The molecule has 2 aromatic rings. The van der Waals surface area contributed by atoms with Gasteiger partial charge in [-0.05, 0) is 43.5 Å². The molecule has 0 radical (unpaired) electrons. The van der Waals surface area contributed by atoms with E-state index in [1.807, 2.05) is 18.5 Å². The summed E-state index contributed by atoms with van der Waals surface area (Å²) in [6.45, 7) is 6.48. The van der Waals surface area contributed by atoms with Gasteiger partial charge in [-0.2, -0.15) is 5.10 Å². The lowest BCUT2D eigenvalue weighted by atomic mass is 10.1. The van der Waals surface area contributed by atoms with E-state index in [1.165, 1.54) is 11.6 Å². The van der Waals surface area contributed by atoms with Crippen LogP contribution >= 0.6 is 0 Å². The molecule has 1 unspecified atom stereocenters. The third-order valence-electron chi connectivity index (χ3n) is 3.63. The molecular formula is C15H19F2N3. The van der Waals surface area contributed by atoms with Crippen molar-refractivity contribution in [3.8, 4) is 0 Å². The second kappa shape index (κ2) is 5.71. The van der Waals surface area contributed by atoms with Crippen molar-refractivity contribution in [2.75, 3.05) is 0 Å². The van der Waals surface area contributed by atoms with Crippen LogP contribution < -0.4 is 5.73 Å². The van der Waals surface area contributed by atoms with Crippen LogP contribution in [0.3, 0.4) is 0 Å². The average molecular weight is 279 g/mol. The molecule has 1 atom stereocenters. The van der Waals surface area contributed by atoms with Crippen LogP contribution in [0, 0.1) is 25.5 Å². The van der Waals surface area contributed by atoms with Gasteiger partial charge in [-0.15, -0.1) is 0 Å². The second-order valence-electron chi connectivity index (χ2n) is 4.97. The highest BCUT2D eigenvalue weighted by molar-refractivity contribution is 5.25. The van der Waals surface area contributed by atoms with Crippen LogP contribution in [0.4, 0.5) is 8.78 Å². The summed E-state index contributed by atoms with van der Waals surface area (Å²) in [5.74, 6) is -1.74. The summed E-state index contributed by atoms with van der Waals surface area (Å²) in [6, 6.07) is 3.33. The van der Waals surface area contributed by atoms with Gasteiger partial charge in [-0.25, -0.2) is 8.78 Å². The number of nitrogens with two attached hydrogens (primary N) is 1. The Morgan fingerprint density at radius 3 is 2.50 bits per heavy atom. The van der Waals surface area contributed by atoms with Gasteiger partial charge >= 0.3 is 0 Å². The first kappa shape index (κ1) is 14.7. The van der Waals surface area contributed by atoms with E-state index in [9.17, 15) is 8.78 Å². The molecule has 20 heavy (non-hydrogen) atoms. The van der Waals surface area contributed by atoms with Gasteiger partial charge in [0.15, 0.2) is 11.6 Å². The first-order valence-electron chi connectivity index (χ1n) is 6.67. The van der Waals surface area contributed by atoms with Crippen molar-refractivity contribution < 1.29 is 8.78 Å². The molecule has 0 spiro atoms. The molecule has 1 heterocycles. The predicted octanol–water partition coefficient (Wildman–Crippen LogP) is 3.04. The third kappa shape index (κ3) is 2.72. The lowest BCUT2D eigenvalue weighted by Crippen LogP contribution is -2.19. The number of nitrogens with zero attached hydrogens (tertiary/aromatic N) is 2. The largest absolute Gasteiger partial charge is 0.322 e. The van der Waals surface area contributed by atoms with Gasteiger partial charge in [-0.3, -0.25) is 4.68 Å². The number of aryl methyl sites for hydroxylation is 1. The molecule has 0 fully saturated rings. The van der Waals surface area contributed by atoms with E-state index in [4.69, 9.17) is 5.73 Å². The molecule has 5 heteroatoms. The van der Waals surface area contributed by atoms with Gasteiger partial charge in [0.1, 0.15) is 0 Å². The average Bonchev–Trinajstić information content (AvgIpc) is 2.67. The maximum atomic E-state index is 13.2. The van der Waals surface area contributed by atoms with E-state index in [-0.39, 0.29) is 0 Å². The molecule has 0 amide bonds. The summed E-state index contributed by atoms with van der Waals surface area (Å²) in [7, 11) is 0. The standard InChI is InChI=1S/C15H19F2N3/c1-4-12-9(2)19-20(10(12)3)8-15(18)11-5-6-13(16)14(17)7-11/h5-7,15H,4,8,18H2,1-3H3. The van der Waals surface area contributed by atoms with Crippen LogP contribution in [0.1, 0.15) is 35.5 Å². The summed E-state index contributed by atoms with van der Waals surface area (Å²) in [6.07, 6.45) is 0.915. The fraction of sp³-hybridized carbons (Fsp3) is 0.400. The lowest BCUT2D eigenvalue weighted by Gasteiger charge is -2.14. The van der Waals surface area contributed by atoms with Gasteiger partial charge < -0.3 is 5.73 Å². The monoisotopic (exact) mass is 279 g/mol. The second-order valence-corrected chi connectivity index (χ2v) is 4.97. The Morgan fingerprint density at radius 1 is 1.25 bits per heavy atom. The number of rotatable bonds is 4. The summed E-state index contributed by atoms with van der Waals surface area (Å²) in [5.41, 5.74) is 9.90. The van der Waals surface area contributed by atoms with Gasteiger partial charge in [0.05, 0.1) is 12.2 Å². The van der Waals surface area contributed by atoms with Crippen LogP contribution in [0.15, 0.2) is 18.2 Å². The lowest BCUT2D eigenvalue weighted by molar-refractivity contribution is 0.491. The van der Waals surface area contributed by atoms with Crippen LogP contribution in [0.25, 0.3) is 0 Å². The van der Waals surface area contributed by atoms with E-state index < -0.39 is 17.7 Å². The molecular weight excluding hydrogens is 260 g/mol. The van der Waals surface area contributed by atoms with Crippen molar-refractivity contribution in [3.63, 3.8) is 0 Å². The molecule has 0 aliphatic rings.